The predicted octanol–water partition coefficient (Wildman–Crippen LogP) is 2.59. The highest BCUT2D eigenvalue weighted by Crippen LogP contribution is 2.19. The highest BCUT2D eigenvalue weighted by molar-refractivity contribution is 6.07. The van der Waals surface area contributed by atoms with E-state index in [9.17, 15) is 4.79 Å². The van der Waals surface area contributed by atoms with Gasteiger partial charge in [0.2, 0.25) is 5.88 Å². The van der Waals surface area contributed by atoms with Crippen LogP contribution in [0.4, 0.5) is 11.6 Å². The zero-order valence-corrected chi connectivity index (χ0v) is 10.6. The number of hydrogen-bond acceptors (Lipinski definition) is 4. The minimum Gasteiger partial charge on any atom is -0.387 e. The van der Waals surface area contributed by atoms with E-state index in [1.807, 2.05) is 19.1 Å². The van der Waals surface area contributed by atoms with Crippen LogP contribution in [0.2, 0.25) is 0 Å². The molecule has 0 aliphatic heterocycles. The number of aromatic nitrogens is 1. The second kappa shape index (κ2) is 4.91. The topological polar surface area (TPSA) is 67.2 Å². The molecular weight excluding hydrogens is 230 g/mol. The molecule has 0 saturated heterocycles. The summed E-state index contributed by atoms with van der Waals surface area (Å²) in [7, 11) is 1.78. The first kappa shape index (κ1) is 12.2. The van der Waals surface area contributed by atoms with Gasteiger partial charge in [-0.3, -0.25) is 10.1 Å². The zero-order chi connectivity index (χ0) is 13.1. The first-order valence-corrected chi connectivity index (χ1v) is 5.63. The van der Waals surface area contributed by atoms with Gasteiger partial charge in [0.15, 0.2) is 0 Å². The summed E-state index contributed by atoms with van der Waals surface area (Å²) in [4.78, 5) is 12.1. The number of amides is 1. The van der Waals surface area contributed by atoms with Crippen LogP contribution < -0.4 is 10.6 Å². The second-order valence-electron chi connectivity index (χ2n) is 4.09. The molecule has 0 atom stereocenters. The molecule has 0 bridgehead atoms. The Morgan fingerprint density at radius 3 is 2.67 bits per heavy atom. The SMILES string of the molecule is CNc1cc(C)ccc1C(=O)Nc1cc(C)no1. The highest BCUT2D eigenvalue weighted by Gasteiger charge is 2.13. The van der Waals surface area contributed by atoms with Gasteiger partial charge >= 0.3 is 0 Å². The third-order valence-electron chi connectivity index (χ3n) is 2.55. The number of benzene rings is 1. The normalized spacial score (nSPS) is 10.2. The molecule has 0 aliphatic carbocycles. The van der Waals surface area contributed by atoms with Gasteiger partial charge in [-0.05, 0) is 31.5 Å². The number of carbonyl (C=O) groups excluding carboxylic acids is 1. The van der Waals surface area contributed by atoms with Gasteiger partial charge in [-0.15, -0.1) is 0 Å². The second-order valence-corrected chi connectivity index (χ2v) is 4.09. The van der Waals surface area contributed by atoms with E-state index in [4.69, 9.17) is 4.52 Å². The minimum absolute atomic E-state index is 0.226. The lowest BCUT2D eigenvalue weighted by Gasteiger charge is -2.09. The van der Waals surface area contributed by atoms with E-state index in [1.165, 1.54) is 0 Å². The van der Waals surface area contributed by atoms with Crippen molar-refractivity contribution in [3.8, 4) is 0 Å². The summed E-state index contributed by atoms with van der Waals surface area (Å²) >= 11 is 0. The standard InChI is InChI=1S/C13H15N3O2/c1-8-4-5-10(11(6-8)14-3)13(17)15-12-7-9(2)16-18-12/h4-7,14H,1-3H3,(H,15,17). The van der Waals surface area contributed by atoms with Crippen molar-refractivity contribution in [3.63, 3.8) is 0 Å². The lowest BCUT2D eigenvalue weighted by Crippen LogP contribution is -2.13. The summed E-state index contributed by atoms with van der Waals surface area (Å²) < 4.78 is 4.95. The Balaban J connectivity index is 2.23. The molecule has 2 N–H and O–H groups in total. The summed E-state index contributed by atoms with van der Waals surface area (Å²) in [5, 5.41) is 9.38. The van der Waals surface area contributed by atoms with Crippen molar-refractivity contribution in [2.75, 3.05) is 17.7 Å². The average molecular weight is 245 g/mol. The van der Waals surface area contributed by atoms with Gasteiger partial charge < -0.3 is 9.84 Å². The van der Waals surface area contributed by atoms with Crippen LogP contribution in [0.5, 0.6) is 0 Å². The van der Waals surface area contributed by atoms with E-state index in [2.05, 4.69) is 15.8 Å². The fourth-order valence-corrected chi connectivity index (χ4v) is 1.66. The van der Waals surface area contributed by atoms with E-state index in [0.717, 1.165) is 16.9 Å². The maximum Gasteiger partial charge on any atom is 0.260 e. The van der Waals surface area contributed by atoms with Crippen molar-refractivity contribution in [2.45, 2.75) is 13.8 Å². The zero-order valence-electron chi connectivity index (χ0n) is 10.6. The molecule has 18 heavy (non-hydrogen) atoms. The summed E-state index contributed by atoms with van der Waals surface area (Å²) in [6.45, 7) is 3.77. The van der Waals surface area contributed by atoms with E-state index >= 15 is 0 Å². The molecule has 0 radical (unpaired) electrons. The third-order valence-corrected chi connectivity index (χ3v) is 2.55. The fraction of sp³-hybridized carbons (Fsp3) is 0.231. The summed E-state index contributed by atoms with van der Waals surface area (Å²) in [5.41, 5.74) is 3.16. The van der Waals surface area contributed by atoms with Gasteiger partial charge in [-0.25, -0.2) is 0 Å². The van der Waals surface area contributed by atoms with Gasteiger partial charge in [0.05, 0.1) is 11.3 Å². The number of nitrogens with zero attached hydrogens (tertiary/aromatic N) is 1. The molecule has 1 amide bonds. The molecule has 2 rings (SSSR count). The average Bonchev–Trinajstić information content (AvgIpc) is 2.74. The summed E-state index contributed by atoms with van der Waals surface area (Å²) in [6.07, 6.45) is 0. The molecule has 0 unspecified atom stereocenters. The molecule has 2 aromatic rings. The number of aryl methyl sites for hydroxylation is 2. The van der Waals surface area contributed by atoms with E-state index in [-0.39, 0.29) is 5.91 Å². The number of carbonyl (C=O) groups is 1. The molecule has 1 heterocycles. The van der Waals surface area contributed by atoms with Crippen LogP contribution in [0.25, 0.3) is 0 Å². The van der Waals surface area contributed by atoms with Crippen LogP contribution >= 0.6 is 0 Å². The first-order chi connectivity index (χ1) is 8.60. The molecular formula is C13H15N3O2. The summed E-state index contributed by atoms with van der Waals surface area (Å²) in [5.74, 6) is 0.121. The molecule has 1 aromatic heterocycles. The summed E-state index contributed by atoms with van der Waals surface area (Å²) in [6, 6.07) is 7.26. The van der Waals surface area contributed by atoms with Gasteiger partial charge in [-0.1, -0.05) is 11.2 Å². The van der Waals surface area contributed by atoms with Gasteiger partial charge in [0.25, 0.3) is 5.91 Å². The fourth-order valence-electron chi connectivity index (χ4n) is 1.66. The lowest BCUT2D eigenvalue weighted by molar-refractivity contribution is 0.102. The minimum atomic E-state index is -0.226. The van der Waals surface area contributed by atoms with E-state index in [1.54, 1.807) is 26.1 Å². The maximum absolute atomic E-state index is 12.1. The third kappa shape index (κ3) is 2.51. The molecule has 5 heteroatoms. The molecule has 0 spiro atoms. The molecule has 1 aromatic carbocycles. The van der Waals surface area contributed by atoms with Gasteiger partial charge in [0, 0.05) is 18.8 Å². The van der Waals surface area contributed by atoms with E-state index < -0.39 is 0 Å². The van der Waals surface area contributed by atoms with Crippen molar-refractivity contribution < 1.29 is 9.32 Å². The largest absolute Gasteiger partial charge is 0.387 e. The monoisotopic (exact) mass is 245 g/mol. The Kier molecular flexibility index (Phi) is 3.32. The molecule has 94 valence electrons. The Labute approximate surface area is 105 Å². The van der Waals surface area contributed by atoms with Crippen molar-refractivity contribution in [3.05, 3.63) is 41.1 Å². The molecule has 0 saturated carbocycles. The molecule has 0 aliphatic rings. The Hall–Kier alpha value is -2.30. The molecule has 0 fully saturated rings. The van der Waals surface area contributed by atoms with Crippen molar-refractivity contribution >= 4 is 17.5 Å². The van der Waals surface area contributed by atoms with Gasteiger partial charge in [0.1, 0.15) is 0 Å². The maximum atomic E-state index is 12.1. The number of rotatable bonds is 3. The van der Waals surface area contributed by atoms with Crippen LogP contribution in [0.3, 0.4) is 0 Å². The van der Waals surface area contributed by atoms with E-state index in [0.29, 0.717) is 11.4 Å². The molecule has 5 nitrogen and oxygen atoms in total. The number of nitrogens with one attached hydrogen (secondary N) is 2. The quantitative estimate of drug-likeness (QED) is 0.872. The van der Waals surface area contributed by atoms with Crippen molar-refractivity contribution in [1.82, 2.24) is 5.16 Å². The van der Waals surface area contributed by atoms with Crippen LogP contribution in [-0.2, 0) is 0 Å². The first-order valence-electron chi connectivity index (χ1n) is 5.63. The van der Waals surface area contributed by atoms with Crippen LogP contribution in [-0.4, -0.2) is 18.1 Å². The van der Waals surface area contributed by atoms with Gasteiger partial charge in [-0.2, -0.15) is 0 Å². The smallest absolute Gasteiger partial charge is 0.260 e. The lowest BCUT2D eigenvalue weighted by atomic mass is 10.1. The van der Waals surface area contributed by atoms with Crippen LogP contribution in [0.15, 0.2) is 28.8 Å². The van der Waals surface area contributed by atoms with Crippen LogP contribution in [0.1, 0.15) is 21.6 Å². The van der Waals surface area contributed by atoms with Crippen molar-refractivity contribution in [2.24, 2.45) is 0 Å². The highest BCUT2D eigenvalue weighted by atomic mass is 16.5. The predicted molar refractivity (Wildman–Crippen MR) is 69.9 cm³/mol. The Morgan fingerprint density at radius 1 is 1.28 bits per heavy atom. The Morgan fingerprint density at radius 2 is 2.06 bits per heavy atom. The van der Waals surface area contributed by atoms with Crippen molar-refractivity contribution in [1.29, 1.82) is 0 Å². The van der Waals surface area contributed by atoms with Crippen LogP contribution in [0, 0.1) is 13.8 Å². The number of hydrogen-bond donors (Lipinski definition) is 2. The number of anilines is 2. The Bertz CT molecular complexity index is 575.